The Morgan fingerprint density at radius 1 is 1.31 bits per heavy atom. The maximum Gasteiger partial charge on any atom is 0.314 e. The summed E-state index contributed by atoms with van der Waals surface area (Å²) in [6.07, 6.45) is 2.84. The minimum atomic E-state index is -0.0806. The molecule has 2 amide bonds. The second kappa shape index (κ2) is 6.70. The van der Waals surface area contributed by atoms with E-state index in [-0.39, 0.29) is 11.6 Å². The van der Waals surface area contributed by atoms with Gasteiger partial charge in [0.2, 0.25) is 0 Å². The van der Waals surface area contributed by atoms with E-state index in [4.69, 9.17) is 4.74 Å². The molecule has 0 unspecified atom stereocenters. The van der Waals surface area contributed by atoms with Crippen LogP contribution in [0, 0.1) is 0 Å². The average Bonchev–Trinajstić information content (AvgIpc) is 2.35. The molecule has 5 heteroatoms. The monoisotopic (exact) mass is 229 g/mol. The van der Waals surface area contributed by atoms with E-state index in [1.165, 1.54) is 0 Å². The SMILES string of the molecule is CCCNC(=O)NCC1(NC)CCOCC1. The minimum Gasteiger partial charge on any atom is -0.381 e. The van der Waals surface area contributed by atoms with Gasteiger partial charge < -0.3 is 20.7 Å². The molecule has 0 saturated carbocycles. The van der Waals surface area contributed by atoms with Crippen molar-refractivity contribution in [1.82, 2.24) is 16.0 Å². The Morgan fingerprint density at radius 2 is 2.00 bits per heavy atom. The Hall–Kier alpha value is -0.810. The Balaban J connectivity index is 2.30. The summed E-state index contributed by atoms with van der Waals surface area (Å²) in [4.78, 5) is 11.4. The molecule has 0 aromatic heterocycles. The van der Waals surface area contributed by atoms with Crippen LogP contribution in [0.4, 0.5) is 4.79 Å². The lowest BCUT2D eigenvalue weighted by molar-refractivity contribution is 0.0421. The van der Waals surface area contributed by atoms with E-state index in [1.54, 1.807) is 0 Å². The van der Waals surface area contributed by atoms with Crippen LogP contribution in [0.5, 0.6) is 0 Å². The largest absolute Gasteiger partial charge is 0.381 e. The van der Waals surface area contributed by atoms with E-state index < -0.39 is 0 Å². The number of amides is 2. The molecule has 0 spiro atoms. The molecule has 3 N–H and O–H groups in total. The zero-order valence-electron chi connectivity index (χ0n) is 10.3. The summed E-state index contributed by atoms with van der Waals surface area (Å²) in [5.74, 6) is 0. The molecule has 1 saturated heterocycles. The number of carbonyl (C=O) groups is 1. The van der Waals surface area contributed by atoms with Crippen LogP contribution in [0.2, 0.25) is 0 Å². The van der Waals surface area contributed by atoms with Crippen LogP contribution in [0.1, 0.15) is 26.2 Å². The van der Waals surface area contributed by atoms with Crippen molar-refractivity contribution in [3.63, 3.8) is 0 Å². The summed E-state index contributed by atoms with van der Waals surface area (Å²) in [6.45, 7) is 4.94. The van der Waals surface area contributed by atoms with E-state index in [0.717, 1.165) is 39.0 Å². The summed E-state index contributed by atoms with van der Waals surface area (Å²) in [7, 11) is 1.94. The fourth-order valence-corrected chi connectivity index (χ4v) is 1.83. The number of carbonyl (C=O) groups excluding carboxylic acids is 1. The molecule has 0 radical (unpaired) electrons. The van der Waals surface area contributed by atoms with E-state index in [0.29, 0.717) is 6.54 Å². The molecule has 0 atom stereocenters. The third kappa shape index (κ3) is 3.98. The highest BCUT2D eigenvalue weighted by molar-refractivity contribution is 5.73. The van der Waals surface area contributed by atoms with Gasteiger partial charge in [0.25, 0.3) is 0 Å². The average molecular weight is 229 g/mol. The van der Waals surface area contributed by atoms with E-state index in [1.807, 2.05) is 14.0 Å². The Kier molecular flexibility index (Phi) is 5.55. The molecule has 1 fully saturated rings. The standard InChI is InChI=1S/C11H23N3O2/c1-3-6-13-10(15)14-9-11(12-2)4-7-16-8-5-11/h12H,3-9H2,1-2H3,(H2,13,14,15). The van der Waals surface area contributed by atoms with Crippen LogP contribution in [0.3, 0.4) is 0 Å². The van der Waals surface area contributed by atoms with Crippen molar-refractivity contribution in [3.05, 3.63) is 0 Å². The minimum absolute atomic E-state index is 0.00179. The van der Waals surface area contributed by atoms with Crippen LogP contribution in [0.15, 0.2) is 0 Å². The van der Waals surface area contributed by atoms with Crippen LogP contribution < -0.4 is 16.0 Å². The van der Waals surface area contributed by atoms with Crippen molar-refractivity contribution < 1.29 is 9.53 Å². The topological polar surface area (TPSA) is 62.4 Å². The lowest BCUT2D eigenvalue weighted by Crippen LogP contribution is -2.56. The number of hydrogen-bond donors (Lipinski definition) is 3. The number of nitrogens with one attached hydrogen (secondary N) is 3. The molecule has 5 nitrogen and oxygen atoms in total. The summed E-state index contributed by atoms with van der Waals surface area (Å²) in [5, 5.41) is 9.02. The maximum absolute atomic E-state index is 11.4. The van der Waals surface area contributed by atoms with Crippen molar-refractivity contribution in [2.75, 3.05) is 33.4 Å². The highest BCUT2D eigenvalue weighted by Crippen LogP contribution is 2.18. The number of likely N-dealkylation sites (N-methyl/N-ethyl adjacent to an activating group) is 1. The highest BCUT2D eigenvalue weighted by atomic mass is 16.5. The normalized spacial score (nSPS) is 19.1. The molecular weight excluding hydrogens is 206 g/mol. The van der Waals surface area contributed by atoms with Gasteiger partial charge in [-0.1, -0.05) is 6.92 Å². The summed E-state index contributed by atoms with van der Waals surface area (Å²) in [6, 6.07) is -0.0806. The quantitative estimate of drug-likeness (QED) is 0.642. The van der Waals surface area contributed by atoms with Gasteiger partial charge in [-0.2, -0.15) is 0 Å². The third-order valence-electron chi connectivity index (χ3n) is 3.10. The molecule has 1 aliphatic heterocycles. The van der Waals surface area contributed by atoms with Crippen molar-refractivity contribution in [2.45, 2.75) is 31.7 Å². The molecule has 94 valence electrons. The second-order valence-corrected chi connectivity index (χ2v) is 4.25. The van der Waals surface area contributed by atoms with Crippen LogP contribution in [-0.2, 0) is 4.74 Å². The van der Waals surface area contributed by atoms with Gasteiger partial charge in [-0.05, 0) is 26.3 Å². The Morgan fingerprint density at radius 3 is 2.56 bits per heavy atom. The summed E-state index contributed by atoms with van der Waals surface area (Å²) < 4.78 is 5.33. The zero-order chi connectivity index (χ0) is 11.9. The molecule has 16 heavy (non-hydrogen) atoms. The zero-order valence-corrected chi connectivity index (χ0v) is 10.3. The molecule has 0 bridgehead atoms. The van der Waals surface area contributed by atoms with Crippen molar-refractivity contribution >= 4 is 6.03 Å². The van der Waals surface area contributed by atoms with Gasteiger partial charge in [0.1, 0.15) is 0 Å². The summed E-state index contributed by atoms with van der Waals surface area (Å²) in [5.41, 5.74) is 0.00179. The van der Waals surface area contributed by atoms with Crippen LogP contribution in [0.25, 0.3) is 0 Å². The molecular formula is C11H23N3O2. The van der Waals surface area contributed by atoms with Gasteiger partial charge in [0.05, 0.1) is 0 Å². The predicted octanol–water partition coefficient (Wildman–Crippen LogP) is 0.464. The first-order valence-electron chi connectivity index (χ1n) is 6.01. The number of urea groups is 1. The molecule has 0 aromatic rings. The maximum atomic E-state index is 11.4. The van der Waals surface area contributed by atoms with Gasteiger partial charge >= 0.3 is 6.03 Å². The van der Waals surface area contributed by atoms with Crippen molar-refractivity contribution in [3.8, 4) is 0 Å². The lowest BCUT2D eigenvalue weighted by Gasteiger charge is -2.37. The number of ether oxygens (including phenoxy) is 1. The molecule has 1 aliphatic rings. The molecule has 1 heterocycles. The van der Waals surface area contributed by atoms with Crippen LogP contribution in [-0.4, -0.2) is 44.9 Å². The highest BCUT2D eigenvalue weighted by Gasteiger charge is 2.30. The smallest absolute Gasteiger partial charge is 0.314 e. The fourth-order valence-electron chi connectivity index (χ4n) is 1.83. The first-order valence-corrected chi connectivity index (χ1v) is 6.01. The van der Waals surface area contributed by atoms with Gasteiger partial charge in [-0.3, -0.25) is 0 Å². The van der Waals surface area contributed by atoms with E-state index in [2.05, 4.69) is 16.0 Å². The Labute approximate surface area is 97.3 Å². The van der Waals surface area contributed by atoms with Gasteiger partial charge in [0, 0.05) is 31.8 Å². The third-order valence-corrected chi connectivity index (χ3v) is 3.10. The second-order valence-electron chi connectivity index (χ2n) is 4.25. The van der Waals surface area contributed by atoms with Crippen molar-refractivity contribution in [1.29, 1.82) is 0 Å². The van der Waals surface area contributed by atoms with Gasteiger partial charge in [0.15, 0.2) is 0 Å². The fraction of sp³-hybridized carbons (Fsp3) is 0.909. The van der Waals surface area contributed by atoms with E-state index >= 15 is 0 Å². The van der Waals surface area contributed by atoms with Gasteiger partial charge in [-0.15, -0.1) is 0 Å². The molecule has 1 rings (SSSR count). The number of hydrogen-bond acceptors (Lipinski definition) is 3. The lowest BCUT2D eigenvalue weighted by atomic mass is 9.90. The first-order chi connectivity index (χ1) is 7.72. The van der Waals surface area contributed by atoms with Crippen LogP contribution >= 0.6 is 0 Å². The number of rotatable bonds is 5. The van der Waals surface area contributed by atoms with E-state index in [9.17, 15) is 4.79 Å². The van der Waals surface area contributed by atoms with Gasteiger partial charge in [-0.25, -0.2) is 4.79 Å². The molecule has 0 aliphatic carbocycles. The molecule has 0 aromatic carbocycles. The first kappa shape index (κ1) is 13.3. The summed E-state index contributed by atoms with van der Waals surface area (Å²) >= 11 is 0. The predicted molar refractivity (Wildman–Crippen MR) is 63.5 cm³/mol. The Bertz CT molecular complexity index is 215. The van der Waals surface area contributed by atoms with Crippen molar-refractivity contribution in [2.24, 2.45) is 0 Å².